The van der Waals surface area contributed by atoms with Crippen LogP contribution < -0.4 is 5.32 Å². The maximum absolute atomic E-state index is 3.51. The van der Waals surface area contributed by atoms with Gasteiger partial charge < -0.3 is 10.2 Å². The van der Waals surface area contributed by atoms with Crippen LogP contribution in [0, 0.1) is 11.3 Å². The van der Waals surface area contributed by atoms with Crippen molar-refractivity contribution < 1.29 is 0 Å². The molecule has 1 saturated carbocycles. The van der Waals surface area contributed by atoms with Gasteiger partial charge in [-0.05, 0) is 76.0 Å². The number of hydrogen-bond donors (Lipinski definition) is 1. The van der Waals surface area contributed by atoms with Crippen LogP contribution in [0.25, 0.3) is 0 Å². The van der Waals surface area contributed by atoms with Gasteiger partial charge in [0.1, 0.15) is 0 Å². The Morgan fingerprint density at radius 3 is 2.47 bits per heavy atom. The summed E-state index contributed by atoms with van der Waals surface area (Å²) in [6, 6.07) is 0.891. The molecule has 1 unspecified atom stereocenters. The van der Waals surface area contributed by atoms with Crippen molar-refractivity contribution in [1.82, 2.24) is 10.2 Å². The summed E-state index contributed by atoms with van der Waals surface area (Å²) in [6.45, 7) is 12.2. The van der Waals surface area contributed by atoms with E-state index in [0.717, 1.165) is 18.5 Å². The van der Waals surface area contributed by atoms with Gasteiger partial charge >= 0.3 is 0 Å². The van der Waals surface area contributed by atoms with Crippen molar-refractivity contribution in [3.63, 3.8) is 0 Å². The lowest BCUT2D eigenvalue weighted by molar-refractivity contribution is 0.119. The molecule has 1 saturated heterocycles. The Balaban J connectivity index is 1.75. The lowest BCUT2D eigenvalue weighted by Crippen LogP contribution is -2.43. The van der Waals surface area contributed by atoms with Crippen LogP contribution in [0.1, 0.15) is 65.7 Å². The van der Waals surface area contributed by atoms with Crippen LogP contribution in [0.2, 0.25) is 0 Å². The highest BCUT2D eigenvalue weighted by Crippen LogP contribution is 2.36. The fourth-order valence-corrected chi connectivity index (χ4v) is 3.88. The van der Waals surface area contributed by atoms with Crippen LogP contribution in [0.3, 0.4) is 0 Å². The molecule has 1 heterocycles. The predicted octanol–water partition coefficient (Wildman–Crippen LogP) is 3.67. The van der Waals surface area contributed by atoms with Crippen molar-refractivity contribution in [2.24, 2.45) is 11.3 Å². The second-order valence-corrected chi connectivity index (χ2v) is 7.54. The Bertz CT molecular complexity index is 254. The summed E-state index contributed by atoms with van der Waals surface area (Å²) in [7, 11) is 0. The Morgan fingerprint density at radius 1 is 1.05 bits per heavy atom. The van der Waals surface area contributed by atoms with E-state index in [0.29, 0.717) is 5.41 Å². The molecule has 0 amide bonds. The molecule has 19 heavy (non-hydrogen) atoms. The Kier molecular flexibility index (Phi) is 5.70. The highest BCUT2D eigenvalue weighted by atomic mass is 15.2. The molecule has 0 radical (unpaired) electrons. The third-order valence-electron chi connectivity index (χ3n) is 5.39. The topological polar surface area (TPSA) is 15.3 Å². The molecule has 2 heteroatoms. The summed E-state index contributed by atoms with van der Waals surface area (Å²) in [4.78, 5) is 2.81. The fourth-order valence-electron chi connectivity index (χ4n) is 3.88. The fraction of sp³-hybridized carbons (Fsp3) is 1.00. The minimum atomic E-state index is 0.595. The van der Waals surface area contributed by atoms with E-state index in [1.807, 2.05) is 0 Å². The van der Waals surface area contributed by atoms with Gasteiger partial charge in [-0.15, -0.1) is 0 Å². The first-order valence-corrected chi connectivity index (χ1v) is 8.55. The molecule has 0 aromatic carbocycles. The summed E-state index contributed by atoms with van der Waals surface area (Å²) < 4.78 is 0. The van der Waals surface area contributed by atoms with E-state index in [1.165, 1.54) is 64.6 Å². The molecule has 0 aromatic rings. The number of nitrogens with zero attached hydrogens (tertiary/aromatic N) is 1. The molecule has 0 bridgehead atoms. The van der Waals surface area contributed by atoms with Gasteiger partial charge in [0.05, 0.1) is 0 Å². The van der Waals surface area contributed by atoms with Crippen molar-refractivity contribution in [3.8, 4) is 0 Å². The molecule has 2 aliphatic rings. The van der Waals surface area contributed by atoms with Crippen molar-refractivity contribution >= 4 is 0 Å². The van der Waals surface area contributed by atoms with Crippen LogP contribution in [0.4, 0.5) is 0 Å². The number of nitrogens with one attached hydrogen (secondary N) is 1. The van der Waals surface area contributed by atoms with Crippen molar-refractivity contribution in [1.29, 1.82) is 0 Å². The second kappa shape index (κ2) is 7.08. The maximum Gasteiger partial charge on any atom is 0.00954 e. The first-order valence-electron chi connectivity index (χ1n) is 8.55. The minimum Gasteiger partial charge on any atom is -0.317 e. The number of hydrogen-bond acceptors (Lipinski definition) is 2. The molecule has 0 aromatic heterocycles. The zero-order chi connectivity index (χ0) is 13.7. The van der Waals surface area contributed by atoms with Crippen molar-refractivity contribution in [2.75, 3.05) is 26.2 Å². The molecule has 112 valence electrons. The number of likely N-dealkylation sites (tertiary alicyclic amines) is 1. The van der Waals surface area contributed by atoms with Gasteiger partial charge in [0.2, 0.25) is 0 Å². The van der Waals surface area contributed by atoms with E-state index in [4.69, 9.17) is 0 Å². The summed E-state index contributed by atoms with van der Waals surface area (Å²) in [5.41, 5.74) is 0.595. The van der Waals surface area contributed by atoms with Gasteiger partial charge in [-0.1, -0.05) is 27.2 Å². The van der Waals surface area contributed by atoms with E-state index in [9.17, 15) is 0 Å². The Morgan fingerprint density at radius 2 is 1.79 bits per heavy atom. The van der Waals surface area contributed by atoms with E-state index < -0.39 is 0 Å². The van der Waals surface area contributed by atoms with E-state index in [-0.39, 0.29) is 0 Å². The molecule has 1 atom stereocenters. The van der Waals surface area contributed by atoms with Crippen LogP contribution in [-0.2, 0) is 0 Å². The molecule has 2 rings (SSSR count). The molecule has 1 aliphatic heterocycles. The normalized spacial score (nSPS) is 30.2. The maximum atomic E-state index is 3.51. The van der Waals surface area contributed by atoms with Crippen LogP contribution in [0.5, 0.6) is 0 Å². The van der Waals surface area contributed by atoms with Gasteiger partial charge in [-0.3, -0.25) is 0 Å². The average molecular weight is 266 g/mol. The molecule has 2 nitrogen and oxygen atoms in total. The number of piperidine rings is 1. The highest BCUT2D eigenvalue weighted by Gasteiger charge is 2.29. The zero-order valence-electron chi connectivity index (χ0n) is 13.4. The lowest BCUT2D eigenvalue weighted by Gasteiger charge is -2.37. The zero-order valence-corrected chi connectivity index (χ0v) is 13.4. The largest absolute Gasteiger partial charge is 0.317 e. The minimum absolute atomic E-state index is 0.595. The molecule has 1 aliphatic carbocycles. The predicted molar refractivity (Wildman–Crippen MR) is 83.5 cm³/mol. The average Bonchev–Trinajstić information content (AvgIpc) is 2.58. The summed E-state index contributed by atoms with van der Waals surface area (Å²) in [5.74, 6) is 0.929. The van der Waals surface area contributed by atoms with E-state index in [2.05, 4.69) is 31.0 Å². The van der Waals surface area contributed by atoms with Crippen LogP contribution >= 0.6 is 0 Å². The number of rotatable bonds is 4. The smallest absolute Gasteiger partial charge is 0.00954 e. The van der Waals surface area contributed by atoms with Gasteiger partial charge in [-0.2, -0.15) is 0 Å². The molecular weight excluding hydrogens is 232 g/mol. The monoisotopic (exact) mass is 266 g/mol. The molecular formula is C17H34N2. The Labute approximate surface area is 120 Å². The summed E-state index contributed by atoms with van der Waals surface area (Å²) in [5, 5.41) is 3.51. The van der Waals surface area contributed by atoms with Gasteiger partial charge in [0.15, 0.2) is 0 Å². The summed E-state index contributed by atoms with van der Waals surface area (Å²) in [6.07, 6.45) is 10.00. The second-order valence-electron chi connectivity index (χ2n) is 7.54. The van der Waals surface area contributed by atoms with Crippen LogP contribution in [0.15, 0.2) is 0 Å². The van der Waals surface area contributed by atoms with E-state index in [1.54, 1.807) is 0 Å². The van der Waals surface area contributed by atoms with Crippen LogP contribution in [-0.4, -0.2) is 37.1 Å². The van der Waals surface area contributed by atoms with Gasteiger partial charge in [-0.25, -0.2) is 0 Å². The third kappa shape index (κ3) is 4.75. The van der Waals surface area contributed by atoms with Gasteiger partial charge in [0.25, 0.3) is 0 Å². The summed E-state index contributed by atoms with van der Waals surface area (Å²) >= 11 is 0. The standard InChI is InChI=1S/C17H34N2/c1-4-18-14-15-8-12-19(13-9-15)16-6-5-10-17(2,3)11-7-16/h15-16,18H,4-14H2,1-3H3. The third-order valence-corrected chi connectivity index (χ3v) is 5.39. The highest BCUT2D eigenvalue weighted by molar-refractivity contribution is 4.84. The first-order chi connectivity index (χ1) is 9.11. The van der Waals surface area contributed by atoms with Gasteiger partial charge in [0, 0.05) is 6.04 Å². The molecule has 1 N–H and O–H groups in total. The van der Waals surface area contributed by atoms with E-state index >= 15 is 0 Å². The quantitative estimate of drug-likeness (QED) is 0.781. The van der Waals surface area contributed by atoms with Crippen molar-refractivity contribution in [2.45, 2.75) is 71.8 Å². The first kappa shape index (κ1) is 15.3. The van der Waals surface area contributed by atoms with Crippen molar-refractivity contribution in [3.05, 3.63) is 0 Å². The Hall–Kier alpha value is -0.0800. The molecule has 2 fully saturated rings. The molecule has 0 spiro atoms. The lowest BCUT2D eigenvalue weighted by atomic mass is 9.85. The SMILES string of the molecule is CCNCC1CCN(C2CCCC(C)(C)CC2)CC1.